The van der Waals surface area contributed by atoms with Crippen LogP contribution < -0.4 is 11.4 Å². The average Bonchev–Trinajstić information content (AvgIpc) is 2.76. The Morgan fingerprint density at radius 2 is 2.26 bits per heavy atom. The van der Waals surface area contributed by atoms with Crippen LogP contribution in [0.15, 0.2) is 29.2 Å². The Labute approximate surface area is 112 Å². The molecule has 2 heterocycles. The van der Waals surface area contributed by atoms with Gasteiger partial charge in [0, 0.05) is 6.20 Å². The molecule has 2 aromatic heterocycles. The first-order valence-electron chi connectivity index (χ1n) is 6.96. The Balaban J connectivity index is 2.06. The first-order chi connectivity index (χ1) is 9.20. The van der Waals surface area contributed by atoms with Gasteiger partial charge in [-0.3, -0.25) is 4.40 Å². The third kappa shape index (κ3) is 2.08. The van der Waals surface area contributed by atoms with Crippen LogP contribution in [-0.2, 0) is 0 Å². The Morgan fingerprint density at radius 1 is 1.42 bits per heavy atom. The quantitative estimate of drug-likeness (QED) is 0.888. The first-order valence-corrected chi connectivity index (χ1v) is 6.96. The van der Waals surface area contributed by atoms with E-state index in [0.29, 0.717) is 24.0 Å². The predicted molar refractivity (Wildman–Crippen MR) is 74.0 cm³/mol. The molecule has 0 aliphatic heterocycles. The molecule has 3 atom stereocenters. The second-order valence-corrected chi connectivity index (χ2v) is 5.64. The molecule has 102 valence electrons. The van der Waals surface area contributed by atoms with E-state index in [9.17, 15) is 4.79 Å². The summed E-state index contributed by atoms with van der Waals surface area (Å²) >= 11 is 0. The molecule has 2 N–H and O–H groups in total. The maximum atomic E-state index is 12.4. The van der Waals surface area contributed by atoms with Crippen molar-refractivity contribution in [3.8, 4) is 0 Å². The highest BCUT2D eigenvalue weighted by atomic mass is 16.2. The summed E-state index contributed by atoms with van der Waals surface area (Å²) in [5.41, 5.74) is 6.53. The van der Waals surface area contributed by atoms with E-state index in [-0.39, 0.29) is 11.7 Å². The van der Waals surface area contributed by atoms with Gasteiger partial charge in [-0.2, -0.15) is 0 Å². The summed E-state index contributed by atoms with van der Waals surface area (Å²) in [5, 5.41) is 4.48. The van der Waals surface area contributed by atoms with Gasteiger partial charge >= 0.3 is 5.69 Å². The number of hydrogen-bond acceptors (Lipinski definition) is 3. The van der Waals surface area contributed by atoms with Gasteiger partial charge in [-0.25, -0.2) is 9.48 Å². The van der Waals surface area contributed by atoms with Gasteiger partial charge in [0.15, 0.2) is 5.65 Å². The largest absolute Gasteiger partial charge is 0.350 e. The Bertz CT molecular complexity index is 630. The van der Waals surface area contributed by atoms with Gasteiger partial charge in [0.25, 0.3) is 0 Å². The fraction of sp³-hybridized carbons (Fsp3) is 0.571. The number of fused-ring (bicyclic) bond motifs is 1. The fourth-order valence-corrected chi connectivity index (χ4v) is 3.14. The van der Waals surface area contributed by atoms with Gasteiger partial charge in [0.2, 0.25) is 0 Å². The number of aromatic nitrogens is 3. The van der Waals surface area contributed by atoms with Crippen LogP contribution in [0.2, 0.25) is 0 Å². The molecule has 0 aromatic carbocycles. The van der Waals surface area contributed by atoms with Crippen LogP contribution in [0, 0.1) is 11.8 Å². The number of nitrogens with two attached hydrogens (primary N) is 1. The second-order valence-electron chi connectivity index (χ2n) is 5.64. The molecule has 19 heavy (non-hydrogen) atoms. The van der Waals surface area contributed by atoms with Crippen LogP contribution in [0.25, 0.3) is 5.65 Å². The van der Waals surface area contributed by atoms with E-state index in [4.69, 9.17) is 5.73 Å². The normalized spacial score (nSPS) is 27.8. The smallest absolute Gasteiger partial charge is 0.330 e. The van der Waals surface area contributed by atoms with E-state index in [2.05, 4.69) is 12.0 Å². The lowest BCUT2D eigenvalue weighted by atomic mass is 9.79. The van der Waals surface area contributed by atoms with E-state index in [1.165, 1.54) is 6.42 Å². The summed E-state index contributed by atoms with van der Waals surface area (Å²) in [5.74, 6) is 0.989. The summed E-state index contributed by atoms with van der Waals surface area (Å²) in [6.07, 6.45) is 5.04. The first kappa shape index (κ1) is 12.4. The molecule has 0 saturated heterocycles. The lowest BCUT2D eigenvalue weighted by Gasteiger charge is -2.33. The fourth-order valence-electron chi connectivity index (χ4n) is 3.14. The van der Waals surface area contributed by atoms with Crippen LogP contribution in [-0.4, -0.2) is 20.7 Å². The van der Waals surface area contributed by atoms with E-state index in [1.807, 2.05) is 18.2 Å². The SMILES string of the molecule is CC1CCC(CN)C(n2nc3ccccn3c2=O)C1. The molecule has 0 bridgehead atoms. The molecule has 5 heteroatoms. The van der Waals surface area contributed by atoms with Gasteiger partial charge in [-0.1, -0.05) is 19.4 Å². The third-order valence-electron chi connectivity index (χ3n) is 4.29. The number of hydrogen-bond donors (Lipinski definition) is 1. The zero-order chi connectivity index (χ0) is 13.4. The molecule has 5 nitrogen and oxygen atoms in total. The van der Waals surface area contributed by atoms with E-state index >= 15 is 0 Å². The monoisotopic (exact) mass is 260 g/mol. The van der Waals surface area contributed by atoms with Crippen molar-refractivity contribution in [3.05, 3.63) is 34.9 Å². The minimum atomic E-state index is -0.0480. The van der Waals surface area contributed by atoms with Crippen molar-refractivity contribution >= 4 is 5.65 Å². The lowest BCUT2D eigenvalue weighted by molar-refractivity contribution is 0.181. The maximum absolute atomic E-state index is 12.4. The number of nitrogens with zero attached hydrogens (tertiary/aromatic N) is 3. The van der Waals surface area contributed by atoms with Crippen LogP contribution in [0.4, 0.5) is 0 Å². The van der Waals surface area contributed by atoms with Crippen LogP contribution in [0.5, 0.6) is 0 Å². The minimum Gasteiger partial charge on any atom is -0.330 e. The molecule has 1 aliphatic rings. The van der Waals surface area contributed by atoms with Crippen molar-refractivity contribution in [3.63, 3.8) is 0 Å². The third-order valence-corrected chi connectivity index (χ3v) is 4.29. The van der Waals surface area contributed by atoms with E-state index < -0.39 is 0 Å². The van der Waals surface area contributed by atoms with Crippen molar-refractivity contribution in [2.24, 2.45) is 17.6 Å². The van der Waals surface area contributed by atoms with E-state index in [0.717, 1.165) is 12.8 Å². The molecule has 0 radical (unpaired) electrons. The van der Waals surface area contributed by atoms with Crippen molar-refractivity contribution in [1.29, 1.82) is 0 Å². The zero-order valence-electron chi connectivity index (χ0n) is 11.2. The van der Waals surface area contributed by atoms with Gasteiger partial charge in [0.05, 0.1) is 6.04 Å². The molecule has 1 fully saturated rings. The summed E-state index contributed by atoms with van der Waals surface area (Å²) in [6.45, 7) is 2.86. The summed E-state index contributed by atoms with van der Waals surface area (Å²) in [6, 6.07) is 5.75. The molecule has 0 amide bonds. The lowest BCUT2D eigenvalue weighted by Crippen LogP contribution is -2.37. The average molecular weight is 260 g/mol. The number of rotatable bonds is 2. The molecule has 3 unspecified atom stereocenters. The van der Waals surface area contributed by atoms with Crippen LogP contribution in [0.3, 0.4) is 0 Å². The van der Waals surface area contributed by atoms with Crippen LogP contribution >= 0.6 is 0 Å². The predicted octanol–water partition coefficient (Wildman–Crippen LogP) is 1.43. The van der Waals surface area contributed by atoms with Gasteiger partial charge in [0.1, 0.15) is 0 Å². The van der Waals surface area contributed by atoms with Crippen molar-refractivity contribution < 1.29 is 0 Å². The summed E-state index contributed by atoms with van der Waals surface area (Å²) < 4.78 is 3.26. The van der Waals surface area contributed by atoms with Gasteiger partial charge in [-0.05, 0) is 43.4 Å². The molecular weight excluding hydrogens is 240 g/mol. The zero-order valence-corrected chi connectivity index (χ0v) is 11.2. The molecule has 0 spiro atoms. The Morgan fingerprint density at radius 3 is 3.00 bits per heavy atom. The van der Waals surface area contributed by atoms with Gasteiger partial charge < -0.3 is 5.73 Å². The Kier molecular flexibility index (Phi) is 3.14. The minimum absolute atomic E-state index is 0.0480. The standard InChI is InChI=1S/C14H20N4O/c1-10-5-6-11(9-15)12(8-10)18-14(19)17-7-3-2-4-13(17)16-18/h2-4,7,10-12H,5-6,8-9,15H2,1H3. The molecule has 3 rings (SSSR count). The highest BCUT2D eigenvalue weighted by Crippen LogP contribution is 2.35. The number of pyridine rings is 1. The second kappa shape index (κ2) is 4.81. The van der Waals surface area contributed by atoms with Crippen LogP contribution in [0.1, 0.15) is 32.2 Å². The molecule has 2 aromatic rings. The molecule has 1 saturated carbocycles. The molecular formula is C14H20N4O. The summed E-state index contributed by atoms with van der Waals surface area (Å²) in [7, 11) is 0. The Hall–Kier alpha value is -1.62. The highest BCUT2D eigenvalue weighted by Gasteiger charge is 2.31. The van der Waals surface area contributed by atoms with E-state index in [1.54, 1.807) is 15.3 Å². The topological polar surface area (TPSA) is 65.3 Å². The maximum Gasteiger partial charge on any atom is 0.350 e. The van der Waals surface area contributed by atoms with Gasteiger partial charge in [-0.15, -0.1) is 5.10 Å². The van der Waals surface area contributed by atoms with Crippen molar-refractivity contribution in [2.75, 3.05) is 6.54 Å². The summed E-state index contributed by atoms with van der Waals surface area (Å²) in [4.78, 5) is 12.4. The highest BCUT2D eigenvalue weighted by molar-refractivity contribution is 5.35. The van der Waals surface area contributed by atoms with Crippen molar-refractivity contribution in [1.82, 2.24) is 14.2 Å². The molecule has 1 aliphatic carbocycles. The van der Waals surface area contributed by atoms with Crippen molar-refractivity contribution in [2.45, 2.75) is 32.2 Å².